The van der Waals surface area contributed by atoms with Crippen molar-refractivity contribution in [2.45, 2.75) is 19.1 Å². The van der Waals surface area contributed by atoms with Gasteiger partial charge in [-0.1, -0.05) is 11.6 Å². The Morgan fingerprint density at radius 2 is 2.00 bits per heavy atom. The van der Waals surface area contributed by atoms with Crippen molar-refractivity contribution in [2.24, 2.45) is 0 Å². The monoisotopic (exact) mass is 305 g/mol. The van der Waals surface area contributed by atoms with Crippen LogP contribution in [0.4, 0.5) is 13.2 Å². The Hall–Kier alpha value is -1.67. The normalized spacial score (nSPS) is 13.5. The Labute approximate surface area is 117 Å². The van der Waals surface area contributed by atoms with Crippen molar-refractivity contribution in [2.75, 3.05) is 7.05 Å². The van der Waals surface area contributed by atoms with E-state index in [1.807, 2.05) is 0 Å². The van der Waals surface area contributed by atoms with Crippen molar-refractivity contribution in [1.82, 2.24) is 25.5 Å². The van der Waals surface area contributed by atoms with E-state index in [9.17, 15) is 13.2 Å². The molecule has 1 atom stereocenters. The Morgan fingerprint density at radius 1 is 1.30 bits per heavy atom. The maximum Gasteiger partial charge on any atom is 0.416 e. The minimum atomic E-state index is -4.48. The average molecular weight is 306 g/mol. The van der Waals surface area contributed by atoms with Gasteiger partial charge in [0, 0.05) is 5.02 Å². The predicted octanol–water partition coefficient (Wildman–Crippen LogP) is 2.61. The highest BCUT2D eigenvalue weighted by Gasteiger charge is 2.31. The van der Waals surface area contributed by atoms with Gasteiger partial charge in [0.2, 0.25) is 0 Å². The van der Waals surface area contributed by atoms with Gasteiger partial charge in [0.05, 0.1) is 17.3 Å². The lowest BCUT2D eigenvalue weighted by atomic mass is 10.2. The quantitative estimate of drug-likeness (QED) is 0.947. The fourth-order valence-corrected chi connectivity index (χ4v) is 1.87. The van der Waals surface area contributed by atoms with E-state index < -0.39 is 11.7 Å². The summed E-state index contributed by atoms with van der Waals surface area (Å²) in [6.07, 6.45) is -4.48. The molecule has 2 rings (SSSR count). The maximum atomic E-state index is 12.8. The van der Waals surface area contributed by atoms with Crippen LogP contribution in [0.25, 0.3) is 5.69 Å². The number of tetrazole rings is 1. The number of nitrogens with zero attached hydrogens (tertiary/aromatic N) is 4. The van der Waals surface area contributed by atoms with Crippen molar-refractivity contribution < 1.29 is 13.2 Å². The van der Waals surface area contributed by atoms with E-state index in [-0.39, 0.29) is 16.8 Å². The standard InChI is InChI=1S/C11H11ClF3N5/c1-6(16-2)10-17-18-19-20(10)9-4-7(11(13,14)15)3-8(12)5-9/h3-6,16H,1-2H3. The van der Waals surface area contributed by atoms with Gasteiger partial charge in [-0.3, -0.25) is 0 Å². The molecule has 0 aliphatic carbocycles. The van der Waals surface area contributed by atoms with Crippen LogP contribution in [-0.4, -0.2) is 27.3 Å². The van der Waals surface area contributed by atoms with Gasteiger partial charge in [-0.2, -0.15) is 17.9 Å². The molecule has 0 aliphatic heterocycles. The van der Waals surface area contributed by atoms with E-state index in [0.29, 0.717) is 5.82 Å². The number of nitrogens with one attached hydrogen (secondary N) is 1. The Morgan fingerprint density at radius 3 is 2.60 bits per heavy atom. The van der Waals surface area contributed by atoms with E-state index in [2.05, 4.69) is 20.8 Å². The predicted molar refractivity (Wildman–Crippen MR) is 66.6 cm³/mol. The number of rotatable bonds is 3. The van der Waals surface area contributed by atoms with E-state index in [1.165, 1.54) is 10.7 Å². The third-order valence-corrected chi connectivity index (χ3v) is 2.99. The van der Waals surface area contributed by atoms with Crippen LogP contribution in [0.3, 0.4) is 0 Å². The summed E-state index contributed by atoms with van der Waals surface area (Å²) in [6, 6.07) is 2.96. The highest BCUT2D eigenvalue weighted by Crippen LogP contribution is 2.33. The van der Waals surface area contributed by atoms with Crippen molar-refractivity contribution in [3.8, 4) is 5.69 Å². The largest absolute Gasteiger partial charge is 0.416 e. The van der Waals surface area contributed by atoms with Crippen LogP contribution >= 0.6 is 11.6 Å². The highest BCUT2D eigenvalue weighted by molar-refractivity contribution is 6.30. The summed E-state index contributed by atoms with van der Waals surface area (Å²) in [5.74, 6) is 0.392. The minimum Gasteiger partial charge on any atom is -0.311 e. The first-order chi connectivity index (χ1) is 9.32. The number of benzene rings is 1. The van der Waals surface area contributed by atoms with E-state index >= 15 is 0 Å². The Kier molecular flexibility index (Phi) is 3.96. The molecule has 0 radical (unpaired) electrons. The van der Waals surface area contributed by atoms with Crippen LogP contribution < -0.4 is 5.32 Å². The molecule has 1 heterocycles. The van der Waals surface area contributed by atoms with Crippen LogP contribution in [0.2, 0.25) is 5.02 Å². The van der Waals surface area contributed by atoms with Crippen LogP contribution in [0.15, 0.2) is 18.2 Å². The molecule has 1 aromatic carbocycles. The van der Waals surface area contributed by atoms with Gasteiger partial charge in [0.15, 0.2) is 5.82 Å². The molecular weight excluding hydrogens is 295 g/mol. The molecule has 0 aliphatic rings. The van der Waals surface area contributed by atoms with Gasteiger partial charge >= 0.3 is 6.18 Å². The molecule has 0 amide bonds. The number of hydrogen-bond donors (Lipinski definition) is 1. The lowest BCUT2D eigenvalue weighted by Gasteiger charge is -2.13. The number of alkyl halides is 3. The van der Waals surface area contributed by atoms with Gasteiger partial charge in [-0.05, 0) is 42.6 Å². The molecule has 1 aromatic heterocycles. The average Bonchev–Trinajstić information content (AvgIpc) is 2.85. The zero-order valence-corrected chi connectivity index (χ0v) is 11.4. The summed E-state index contributed by atoms with van der Waals surface area (Å²) in [7, 11) is 1.70. The van der Waals surface area contributed by atoms with Gasteiger partial charge < -0.3 is 5.32 Å². The summed E-state index contributed by atoms with van der Waals surface area (Å²) in [5.41, 5.74) is -0.689. The SMILES string of the molecule is CNC(C)c1nnnn1-c1cc(Cl)cc(C(F)(F)F)c1. The number of halogens is 4. The topological polar surface area (TPSA) is 55.6 Å². The third-order valence-electron chi connectivity index (χ3n) is 2.77. The van der Waals surface area contributed by atoms with Crippen LogP contribution in [0.1, 0.15) is 24.4 Å². The van der Waals surface area contributed by atoms with Gasteiger partial charge in [-0.15, -0.1) is 5.10 Å². The molecule has 2 aromatic rings. The zero-order valence-electron chi connectivity index (χ0n) is 10.6. The molecular formula is C11H11ClF3N5. The van der Waals surface area contributed by atoms with Crippen LogP contribution in [0, 0.1) is 0 Å². The van der Waals surface area contributed by atoms with E-state index in [0.717, 1.165) is 12.1 Å². The highest BCUT2D eigenvalue weighted by atomic mass is 35.5. The Bertz CT molecular complexity index is 610. The Balaban J connectivity index is 2.54. The summed E-state index contributed by atoms with van der Waals surface area (Å²) < 4.78 is 39.6. The van der Waals surface area contributed by atoms with Gasteiger partial charge in [0.1, 0.15) is 0 Å². The second-order valence-electron chi connectivity index (χ2n) is 4.16. The molecule has 0 fully saturated rings. The summed E-state index contributed by atoms with van der Waals surface area (Å²) in [6.45, 7) is 1.79. The molecule has 0 saturated carbocycles. The van der Waals surface area contributed by atoms with Gasteiger partial charge in [0.25, 0.3) is 0 Å². The molecule has 5 nitrogen and oxygen atoms in total. The zero-order chi connectivity index (χ0) is 14.9. The summed E-state index contributed by atoms with van der Waals surface area (Å²) >= 11 is 5.74. The fraction of sp³-hybridized carbons (Fsp3) is 0.364. The smallest absolute Gasteiger partial charge is 0.311 e. The van der Waals surface area contributed by atoms with E-state index in [1.54, 1.807) is 14.0 Å². The molecule has 0 saturated heterocycles. The minimum absolute atomic E-state index is 0.0339. The molecule has 0 bridgehead atoms. The second kappa shape index (κ2) is 5.37. The van der Waals surface area contributed by atoms with Gasteiger partial charge in [-0.25, -0.2) is 0 Å². The third kappa shape index (κ3) is 2.91. The molecule has 1 N–H and O–H groups in total. The first kappa shape index (κ1) is 14.7. The summed E-state index contributed by atoms with van der Waals surface area (Å²) in [5, 5.41) is 13.9. The number of aromatic nitrogens is 4. The lowest BCUT2D eigenvalue weighted by molar-refractivity contribution is -0.137. The second-order valence-corrected chi connectivity index (χ2v) is 4.59. The fourth-order valence-electron chi connectivity index (χ4n) is 1.64. The first-order valence-electron chi connectivity index (χ1n) is 5.66. The molecule has 0 spiro atoms. The van der Waals surface area contributed by atoms with E-state index in [4.69, 9.17) is 11.6 Å². The van der Waals surface area contributed by atoms with Crippen LogP contribution in [-0.2, 0) is 6.18 Å². The first-order valence-corrected chi connectivity index (χ1v) is 6.04. The number of hydrogen-bond acceptors (Lipinski definition) is 4. The molecule has 108 valence electrons. The molecule has 9 heteroatoms. The van der Waals surface area contributed by atoms with Crippen molar-refractivity contribution in [3.05, 3.63) is 34.6 Å². The lowest BCUT2D eigenvalue weighted by Crippen LogP contribution is -2.18. The summed E-state index contributed by atoms with van der Waals surface area (Å²) in [4.78, 5) is 0. The van der Waals surface area contributed by atoms with Crippen molar-refractivity contribution in [1.29, 1.82) is 0 Å². The van der Waals surface area contributed by atoms with Crippen molar-refractivity contribution >= 4 is 11.6 Å². The maximum absolute atomic E-state index is 12.8. The molecule has 20 heavy (non-hydrogen) atoms. The van der Waals surface area contributed by atoms with Crippen LogP contribution in [0.5, 0.6) is 0 Å². The van der Waals surface area contributed by atoms with Crippen molar-refractivity contribution in [3.63, 3.8) is 0 Å². The molecule has 1 unspecified atom stereocenters.